The maximum atomic E-state index is 10.4. The van der Waals surface area contributed by atoms with E-state index in [-0.39, 0.29) is 11.4 Å². The van der Waals surface area contributed by atoms with Crippen LogP contribution in [0, 0.1) is 11.8 Å². The number of carbonyl (C=O) groups excluding carboxylic acids is 1. The molecule has 0 fully saturated rings. The van der Waals surface area contributed by atoms with E-state index in [0.717, 1.165) is 0 Å². The van der Waals surface area contributed by atoms with Gasteiger partial charge in [0.1, 0.15) is 5.69 Å². The van der Waals surface area contributed by atoms with E-state index in [4.69, 9.17) is 5.11 Å². The number of aldehydes is 1. The van der Waals surface area contributed by atoms with Crippen molar-refractivity contribution < 1.29 is 14.7 Å². The SMILES string of the molecule is Cn1nnc(C#CC(=O)O)c1C=O. The lowest BCUT2D eigenvalue weighted by Gasteiger charge is -1.86. The fourth-order valence-corrected chi connectivity index (χ4v) is 0.698. The van der Waals surface area contributed by atoms with Gasteiger partial charge in [-0.3, -0.25) is 4.79 Å². The van der Waals surface area contributed by atoms with Gasteiger partial charge in [-0.25, -0.2) is 9.48 Å². The molecule has 0 atom stereocenters. The van der Waals surface area contributed by atoms with Crippen molar-refractivity contribution in [1.29, 1.82) is 0 Å². The normalized spacial score (nSPS) is 8.69. The van der Waals surface area contributed by atoms with Crippen molar-refractivity contribution in [1.82, 2.24) is 15.0 Å². The van der Waals surface area contributed by atoms with Gasteiger partial charge in [-0.05, 0) is 5.92 Å². The third-order valence-corrected chi connectivity index (χ3v) is 1.27. The van der Waals surface area contributed by atoms with Crippen LogP contribution in [-0.2, 0) is 11.8 Å². The molecule has 0 aliphatic heterocycles. The topological polar surface area (TPSA) is 85.1 Å². The number of aryl methyl sites for hydroxylation is 1. The number of carboxylic acids is 1. The summed E-state index contributed by atoms with van der Waals surface area (Å²) in [5.74, 6) is 2.78. The zero-order valence-corrected chi connectivity index (χ0v) is 6.68. The van der Waals surface area contributed by atoms with E-state index in [0.29, 0.717) is 6.29 Å². The van der Waals surface area contributed by atoms with E-state index in [2.05, 4.69) is 16.2 Å². The van der Waals surface area contributed by atoms with E-state index in [1.807, 2.05) is 5.92 Å². The summed E-state index contributed by atoms with van der Waals surface area (Å²) in [6, 6.07) is 0. The van der Waals surface area contributed by atoms with Crippen molar-refractivity contribution in [3.63, 3.8) is 0 Å². The van der Waals surface area contributed by atoms with Crippen LogP contribution in [0.25, 0.3) is 0 Å². The quantitative estimate of drug-likeness (QED) is 0.444. The van der Waals surface area contributed by atoms with E-state index in [1.165, 1.54) is 11.7 Å². The number of hydrogen-bond donors (Lipinski definition) is 1. The first-order valence-corrected chi connectivity index (χ1v) is 3.25. The van der Waals surface area contributed by atoms with E-state index >= 15 is 0 Å². The lowest BCUT2D eigenvalue weighted by atomic mass is 10.3. The minimum absolute atomic E-state index is 0.0694. The summed E-state index contributed by atoms with van der Waals surface area (Å²) in [5.41, 5.74) is 0.230. The van der Waals surface area contributed by atoms with Gasteiger partial charge in [0.05, 0.1) is 0 Å². The average Bonchev–Trinajstić information content (AvgIpc) is 2.42. The van der Waals surface area contributed by atoms with Crippen LogP contribution in [0.2, 0.25) is 0 Å². The highest BCUT2D eigenvalue weighted by Crippen LogP contribution is 1.97. The summed E-state index contributed by atoms with van der Waals surface area (Å²) in [7, 11) is 1.52. The summed E-state index contributed by atoms with van der Waals surface area (Å²) in [4.78, 5) is 20.5. The molecule has 13 heavy (non-hydrogen) atoms. The van der Waals surface area contributed by atoms with Crippen LogP contribution in [0.4, 0.5) is 0 Å². The molecule has 1 heterocycles. The second-order valence-electron chi connectivity index (χ2n) is 2.12. The summed E-state index contributed by atoms with van der Waals surface area (Å²) in [6.45, 7) is 0. The first-order valence-electron chi connectivity index (χ1n) is 3.25. The Morgan fingerprint density at radius 3 is 2.92 bits per heavy atom. The van der Waals surface area contributed by atoms with Crippen LogP contribution in [0.15, 0.2) is 0 Å². The van der Waals surface area contributed by atoms with Gasteiger partial charge in [-0.15, -0.1) is 5.10 Å². The van der Waals surface area contributed by atoms with Crippen molar-refractivity contribution in [2.24, 2.45) is 7.05 Å². The summed E-state index contributed by atoms with van der Waals surface area (Å²) < 4.78 is 1.22. The second-order valence-corrected chi connectivity index (χ2v) is 2.12. The van der Waals surface area contributed by atoms with Crippen molar-refractivity contribution in [3.8, 4) is 11.8 Å². The summed E-state index contributed by atoms with van der Waals surface area (Å²) >= 11 is 0. The van der Waals surface area contributed by atoms with Crippen LogP contribution < -0.4 is 0 Å². The molecule has 0 unspecified atom stereocenters. The highest BCUT2D eigenvalue weighted by atomic mass is 16.4. The number of nitrogens with zero attached hydrogens (tertiary/aromatic N) is 3. The number of carbonyl (C=O) groups is 2. The van der Waals surface area contributed by atoms with Crippen molar-refractivity contribution in [2.75, 3.05) is 0 Å². The number of hydrogen-bond acceptors (Lipinski definition) is 4. The van der Waals surface area contributed by atoms with E-state index in [1.54, 1.807) is 0 Å². The average molecular weight is 179 g/mol. The Balaban J connectivity index is 3.10. The first kappa shape index (κ1) is 8.93. The van der Waals surface area contributed by atoms with Crippen molar-refractivity contribution >= 4 is 12.3 Å². The zero-order valence-electron chi connectivity index (χ0n) is 6.68. The molecule has 1 rings (SSSR count). The highest BCUT2D eigenvalue weighted by molar-refractivity contribution is 5.87. The molecule has 6 heteroatoms. The Labute approximate surface area is 73.2 Å². The minimum atomic E-state index is -1.28. The number of carboxylic acid groups (broad SMARTS) is 1. The zero-order chi connectivity index (χ0) is 9.84. The fourth-order valence-electron chi connectivity index (χ4n) is 0.698. The maximum absolute atomic E-state index is 10.4. The Kier molecular flexibility index (Phi) is 2.40. The van der Waals surface area contributed by atoms with Gasteiger partial charge < -0.3 is 5.11 Å². The molecule has 1 N–H and O–H groups in total. The van der Waals surface area contributed by atoms with Crippen LogP contribution in [0.3, 0.4) is 0 Å². The lowest BCUT2D eigenvalue weighted by molar-refractivity contribution is -0.130. The Hall–Kier alpha value is -2.16. The van der Waals surface area contributed by atoms with Gasteiger partial charge in [-0.2, -0.15) is 0 Å². The first-order chi connectivity index (χ1) is 6.15. The third kappa shape index (κ3) is 1.90. The van der Waals surface area contributed by atoms with Gasteiger partial charge in [0.2, 0.25) is 0 Å². The van der Waals surface area contributed by atoms with Crippen molar-refractivity contribution in [3.05, 3.63) is 11.4 Å². The molecule has 1 aromatic rings. The molecule has 0 aliphatic rings. The molecule has 0 saturated carbocycles. The maximum Gasteiger partial charge on any atom is 0.382 e. The molecule has 0 amide bonds. The minimum Gasteiger partial charge on any atom is -0.472 e. The molecular weight excluding hydrogens is 174 g/mol. The molecular formula is C7H5N3O3. The molecule has 1 aromatic heterocycles. The molecule has 0 aliphatic carbocycles. The molecule has 0 bridgehead atoms. The number of aliphatic carboxylic acids is 1. The van der Waals surface area contributed by atoms with E-state index in [9.17, 15) is 9.59 Å². The molecule has 0 spiro atoms. The van der Waals surface area contributed by atoms with Crippen LogP contribution >= 0.6 is 0 Å². The third-order valence-electron chi connectivity index (χ3n) is 1.27. The standard InChI is InChI=1S/C7H5N3O3/c1-10-6(4-11)5(8-9-10)2-3-7(12)13/h4H,1H3,(H,12,13). The van der Waals surface area contributed by atoms with Crippen LogP contribution in [-0.4, -0.2) is 32.4 Å². The van der Waals surface area contributed by atoms with Gasteiger partial charge in [0.15, 0.2) is 12.0 Å². The molecule has 0 saturated heterocycles. The number of aromatic nitrogens is 3. The Morgan fingerprint density at radius 1 is 1.69 bits per heavy atom. The Bertz CT molecular complexity index is 410. The van der Waals surface area contributed by atoms with E-state index < -0.39 is 5.97 Å². The molecule has 0 radical (unpaired) electrons. The predicted molar refractivity (Wildman–Crippen MR) is 40.9 cm³/mol. The van der Waals surface area contributed by atoms with Crippen molar-refractivity contribution in [2.45, 2.75) is 0 Å². The van der Waals surface area contributed by atoms with Gasteiger partial charge >= 0.3 is 5.97 Å². The highest BCUT2D eigenvalue weighted by Gasteiger charge is 2.06. The smallest absolute Gasteiger partial charge is 0.382 e. The van der Waals surface area contributed by atoms with Gasteiger partial charge in [-0.1, -0.05) is 5.21 Å². The molecule has 66 valence electrons. The molecule has 6 nitrogen and oxygen atoms in total. The van der Waals surface area contributed by atoms with Gasteiger partial charge in [0.25, 0.3) is 0 Å². The predicted octanol–water partition coefficient (Wildman–Crippen LogP) is -0.936. The largest absolute Gasteiger partial charge is 0.472 e. The summed E-state index contributed by atoms with van der Waals surface area (Å²) in [5, 5.41) is 15.2. The summed E-state index contributed by atoms with van der Waals surface area (Å²) in [6.07, 6.45) is 0.520. The fraction of sp³-hybridized carbons (Fsp3) is 0.143. The van der Waals surface area contributed by atoms with Crippen LogP contribution in [0.5, 0.6) is 0 Å². The lowest BCUT2D eigenvalue weighted by Crippen LogP contribution is -1.97. The Morgan fingerprint density at radius 2 is 2.38 bits per heavy atom. The van der Waals surface area contributed by atoms with Crippen LogP contribution in [0.1, 0.15) is 16.2 Å². The second kappa shape index (κ2) is 3.49. The monoisotopic (exact) mass is 179 g/mol. The van der Waals surface area contributed by atoms with Gasteiger partial charge in [0, 0.05) is 13.0 Å². The number of rotatable bonds is 1. The molecule has 0 aromatic carbocycles.